The predicted octanol–water partition coefficient (Wildman–Crippen LogP) is 3.08. The van der Waals surface area contributed by atoms with Crippen LogP contribution in [0.5, 0.6) is 5.75 Å². The van der Waals surface area contributed by atoms with Crippen LogP contribution in [0.15, 0.2) is 77.8 Å². The van der Waals surface area contributed by atoms with Crippen LogP contribution in [-0.4, -0.2) is 24.8 Å². The number of carbonyl (C=O) groups excluding carboxylic acids is 2. The monoisotopic (exact) mass is 388 g/mol. The second-order valence-corrected chi connectivity index (χ2v) is 6.14. The molecule has 2 amide bonds. The predicted molar refractivity (Wildman–Crippen MR) is 113 cm³/mol. The fraction of sp³-hybridized carbons (Fsp3) is 0.0455. The summed E-state index contributed by atoms with van der Waals surface area (Å²) in [6, 6.07) is 20.4. The quantitative estimate of drug-likeness (QED) is 0.444. The average Bonchev–Trinajstić information content (AvgIpc) is 2.74. The number of amides is 2. The molecule has 0 aliphatic heterocycles. The molecular weight excluding hydrogens is 368 g/mol. The number of nitrogens with two attached hydrogens (primary N) is 2. The number of carbonyl (C=O) groups is 2. The maximum atomic E-state index is 12.4. The summed E-state index contributed by atoms with van der Waals surface area (Å²) in [5, 5.41) is 2.81. The number of hydrogen-bond donors (Lipinski definition) is 3. The Labute approximate surface area is 168 Å². The van der Waals surface area contributed by atoms with Gasteiger partial charge in [-0.15, -0.1) is 0 Å². The van der Waals surface area contributed by atoms with Crippen LogP contribution in [0.25, 0.3) is 0 Å². The van der Waals surface area contributed by atoms with E-state index in [-0.39, 0.29) is 17.3 Å². The van der Waals surface area contributed by atoms with Crippen LogP contribution >= 0.6 is 0 Å². The summed E-state index contributed by atoms with van der Waals surface area (Å²) < 4.78 is 5.09. The average molecular weight is 388 g/mol. The molecule has 0 spiro atoms. The highest BCUT2D eigenvalue weighted by Crippen LogP contribution is 2.20. The molecule has 0 bridgehead atoms. The van der Waals surface area contributed by atoms with Gasteiger partial charge in [-0.2, -0.15) is 0 Å². The lowest BCUT2D eigenvalue weighted by molar-refractivity contribution is 0.0997. The highest BCUT2D eigenvalue weighted by atomic mass is 16.5. The maximum absolute atomic E-state index is 12.4. The van der Waals surface area contributed by atoms with Crippen molar-refractivity contribution in [1.29, 1.82) is 0 Å². The first-order chi connectivity index (χ1) is 14.0. The maximum Gasteiger partial charge on any atom is 0.255 e. The Morgan fingerprint density at radius 2 is 1.59 bits per heavy atom. The number of ether oxygens (including phenoxy) is 1. The van der Waals surface area contributed by atoms with Crippen molar-refractivity contribution in [1.82, 2.24) is 0 Å². The number of methoxy groups -OCH3 is 1. The number of benzene rings is 3. The van der Waals surface area contributed by atoms with Crippen LogP contribution in [0.1, 0.15) is 26.3 Å². The van der Waals surface area contributed by atoms with Crippen molar-refractivity contribution in [3.63, 3.8) is 0 Å². The van der Waals surface area contributed by atoms with Crippen LogP contribution < -0.4 is 21.5 Å². The van der Waals surface area contributed by atoms with Crippen LogP contribution in [0, 0.1) is 0 Å². The van der Waals surface area contributed by atoms with E-state index in [1.807, 2.05) is 0 Å². The minimum absolute atomic E-state index is 0.151. The molecule has 5 N–H and O–H groups in total. The number of rotatable bonds is 6. The fourth-order valence-corrected chi connectivity index (χ4v) is 2.72. The van der Waals surface area contributed by atoms with Crippen molar-refractivity contribution in [2.45, 2.75) is 0 Å². The molecule has 0 aromatic heterocycles. The van der Waals surface area contributed by atoms with E-state index in [2.05, 4.69) is 10.3 Å². The second-order valence-electron chi connectivity index (χ2n) is 6.14. The largest absolute Gasteiger partial charge is 0.497 e. The Balaban J connectivity index is 1.81. The first-order valence-corrected chi connectivity index (χ1v) is 8.77. The van der Waals surface area contributed by atoms with Crippen molar-refractivity contribution in [3.05, 3.63) is 89.5 Å². The summed E-state index contributed by atoms with van der Waals surface area (Å²) in [7, 11) is 1.56. The first-order valence-electron chi connectivity index (χ1n) is 8.77. The zero-order valence-corrected chi connectivity index (χ0v) is 15.8. The number of anilines is 1. The van der Waals surface area contributed by atoms with Gasteiger partial charge in [0.25, 0.3) is 5.91 Å². The van der Waals surface area contributed by atoms with E-state index in [0.717, 1.165) is 0 Å². The van der Waals surface area contributed by atoms with Gasteiger partial charge in [-0.1, -0.05) is 24.3 Å². The van der Waals surface area contributed by atoms with E-state index < -0.39 is 5.91 Å². The minimum Gasteiger partial charge on any atom is -0.497 e. The summed E-state index contributed by atoms with van der Waals surface area (Å²) in [5.74, 6) is -0.0253. The third kappa shape index (κ3) is 4.78. The normalized spacial score (nSPS) is 11.0. The molecule has 0 atom stereocenters. The van der Waals surface area contributed by atoms with Crippen molar-refractivity contribution >= 4 is 29.0 Å². The number of primary amides is 1. The molecule has 3 aromatic carbocycles. The highest BCUT2D eigenvalue weighted by Gasteiger charge is 2.11. The van der Waals surface area contributed by atoms with Gasteiger partial charge in [0, 0.05) is 16.8 Å². The molecule has 0 aliphatic carbocycles. The summed E-state index contributed by atoms with van der Waals surface area (Å²) in [6.45, 7) is 0. The Hall–Kier alpha value is -4.13. The summed E-state index contributed by atoms with van der Waals surface area (Å²) in [4.78, 5) is 28.4. The van der Waals surface area contributed by atoms with Crippen molar-refractivity contribution in [3.8, 4) is 5.75 Å². The van der Waals surface area contributed by atoms with E-state index in [0.29, 0.717) is 28.3 Å². The third-order valence-corrected chi connectivity index (χ3v) is 4.17. The van der Waals surface area contributed by atoms with Gasteiger partial charge in [0.1, 0.15) is 11.6 Å². The van der Waals surface area contributed by atoms with Crippen molar-refractivity contribution in [2.24, 2.45) is 16.5 Å². The van der Waals surface area contributed by atoms with E-state index in [4.69, 9.17) is 16.2 Å². The van der Waals surface area contributed by atoms with Gasteiger partial charge >= 0.3 is 0 Å². The molecular formula is C22H20N4O3. The molecule has 0 unspecified atom stereocenters. The SMILES string of the molecule is COc1ccc(C(=O)Nc2cccc(N=C(N)c3ccccc3C(N)=O)c2)cc1. The second kappa shape index (κ2) is 8.71. The number of nitrogens with zero attached hydrogens (tertiary/aromatic N) is 1. The Morgan fingerprint density at radius 1 is 0.897 bits per heavy atom. The summed E-state index contributed by atoms with van der Waals surface area (Å²) in [5.41, 5.74) is 13.8. The van der Waals surface area contributed by atoms with Gasteiger partial charge in [-0.25, -0.2) is 4.99 Å². The molecule has 0 fully saturated rings. The lowest BCUT2D eigenvalue weighted by Crippen LogP contribution is -2.21. The third-order valence-electron chi connectivity index (χ3n) is 4.17. The molecule has 0 heterocycles. The van der Waals surface area contributed by atoms with Gasteiger partial charge in [-0.05, 0) is 48.5 Å². The fourth-order valence-electron chi connectivity index (χ4n) is 2.72. The molecule has 3 rings (SSSR count). The number of hydrogen-bond acceptors (Lipinski definition) is 4. The van der Waals surface area contributed by atoms with E-state index in [1.165, 1.54) is 0 Å². The molecule has 3 aromatic rings. The van der Waals surface area contributed by atoms with Gasteiger partial charge in [0.05, 0.1) is 18.4 Å². The smallest absolute Gasteiger partial charge is 0.255 e. The van der Waals surface area contributed by atoms with Crippen LogP contribution in [0.4, 0.5) is 11.4 Å². The lowest BCUT2D eigenvalue weighted by atomic mass is 10.1. The zero-order valence-electron chi connectivity index (χ0n) is 15.8. The zero-order chi connectivity index (χ0) is 20.8. The molecule has 0 aliphatic rings. The number of amidine groups is 1. The standard InChI is InChI=1S/C22H20N4O3/c1-29-17-11-9-14(10-12-17)22(28)26-16-6-4-5-15(13-16)25-20(23)18-7-2-3-8-19(18)21(24)27/h2-13H,1H3,(H2,23,25)(H2,24,27)(H,26,28). The molecule has 7 heteroatoms. The van der Waals surface area contributed by atoms with E-state index in [9.17, 15) is 9.59 Å². The van der Waals surface area contributed by atoms with Crippen LogP contribution in [0.2, 0.25) is 0 Å². The van der Waals surface area contributed by atoms with E-state index >= 15 is 0 Å². The Kier molecular flexibility index (Phi) is 5.89. The van der Waals surface area contributed by atoms with Gasteiger partial charge < -0.3 is 21.5 Å². The lowest BCUT2D eigenvalue weighted by Gasteiger charge is -2.08. The van der Waals surface area contributed by atoms with Crippen molar-refractivity contribution in [2.75, 3.05) is 12.4 Å². The Morgan fingerprint density at radius 3 is 2.24 bits per heavy atom. The molecule has 0 saturated heterocycles. The van der Waals surface area contributed by atoms with Gasteiger partial charge in [0.15, 0.2) is 0 Å². The summed E-state index contributed by atoms with van der Waals surface area (Å²) in [6.07, 6.45) is 0. The Bertz CT molecular complexity index is 1080. The van der Waals surface area contributed by atoms with Gasteiger partial charge in [-0.3, -0.25) is 9.59 Å². The number of nitrogens with one attached hydrogen (secondary N) is 1. The molecule has 7 nitrogen and oxygen atoms in total. The highest BCUT2D eigenvalue weighted by molar-refractivity contribution is 6.09. The molecule has 0 radical (unpaired) electrons. The van der Waals surface area contributed by atoms with Gasteiger partial charge in [0.2, 0.25) is 5.91 Å². The first kappa shape index (κ1) is 19.6. The number of aliphatic imine (C=N–C) groups is 1. The van der Waals surface area contributed by atoms with Crippen LogP contribution in [-0.2, 0) is 0 Å². The summed E-state index contributed by atoms with van der Waals surface area (Å²) >= 11 is 0. The van der Waals surface area contributed by atoms with Crippen LogP contribution in [0.3, 0.4) is 0 Å². The van der Waals surface area contributed by atoms with Crippen molar-refractivity contribution < 1.29 is 14.3 Å². The molecule has 29 heavy (non-hydrogen) atoms. The minimum atomic E-state index is -0.584. The van der Waals surface area contributed by atoms with E-state index in [1.54, 1.807) is 79.9 Å². The molecule has 0 saturated carbocycles. The molecule has 146 valence electrons. The topological polar surface area (TPSA) is 120 Å².